The smallest absolute Gasteiger partial charge is 0.270 e. The number of carbonyl (C=O) groups is 1. The minimum atomic E-state index is -0.299. The van der Waals surface area contributed by atoms with Gasteiger partial charge in [-0.15, -0.1) is 0 Å². The zero-order valence-electron chi connectivity index (χ0n) is 13.0. The Kier molecular flexibility index (Phi) is 4.71. The number of nitrogens with zero attached hydrogens (tertiary/aromatic N) is 2. The largest absolute Gasteiger partial charge is 0.497 e. The van der Waals surface area contributed by atoms with Gasteiger partial charge in [-0.25, -0.2) is 9.97 Å². The number of rotatable bonds is 6. The Hall–Kier alpha value is -3.35. The highest BCUT2D eigenvalue weighted by Crippen LogP contribution is 2.18. The third-order valence-corrected chi connectivity index (χ3v) is 3.27. The van der Waals surface area contributed by atoms with Crippen LogP contribution in [0.4, 0.5) is 11.5 Å². The molecule has 0 saturated heterocycles. The van der Waals surface area contributed by atoms with E-state index in [1.807, 2.05) is 24.3 Å². The summed E-state index contributed by atoms with van der Waals surface area (Å²) in [5, 5.41) is 5.86. The lowest BCUT2D eigenvalue weighted by Crippen LogP contribution is -2.23. The van der Waals surface area contributed by atoms with E-state index in [2.05, 4.69) is 20.6 Å². The zero-order chi connectivity index (χ0) is 16.8. The molecule has 2 heterocycles. The predicted octanol–water partition coefficient (Wildman–Crippen LogP) is 2.75. The monoisotopic (exact) mass is 324 g/mol. The standard InChI is InChI=1S/C17H16N4O3/c1-23-13-6-4-12(5-7-13)21-16-9-15(19-11-20-16)17(22)18-10-14-3-2-8-24-14/h2-9,11H,10H2,1H3,(H,18,22)(H,19,20,21). The van der Waals surface area contributed by atoms with Gasteiger partial charge in [0.1, 0.15) is 29.3 Å². The van der Waals surface area contributed by atoms with Crippen LogP contribution in [0.15, 0.2) is 59.5 Å². The molecule has 1 amide bonds. The summed E-state index contributed by atoms with van der Waals surface area (Å²) in [6.07, 6.45) is 2.90. The van der Waals surface area contributed by atoms with Crippen LogP contribution in [0.2, 0.25) is 0 Å². The molecule has 7 nitrogen and oxygen atoms in total. The number of anilines is 2. The van der Waals surface area contributed by atoms with Crippen molar-refractivity contribution in [3.8, 4) is 5.75 Å². The number of nitrogens with one attached hydrogen (secondary N) is 2. The molecule has 0 saturated carbocycles. The summed E-state index contributed by atoms with van der Waals surface area (Å²) in [6, 6.07) is 12.5. The van der Waals surface area contributed by atoms with Crippen molar-refractivity contribution < 1.29 is 13.9 Å². The SMILES string of the molecule is COc1ccc(Nc2cc(C(=O)NCc3ccco3)ncn2)cc1. The third-order valence-electron chi connectivity index (χ3n) is 3.27. The molecule has 3 aromatic rings. The molecule has 0 aliphatic rings. The average molecular weight is 324 g/mol. The van der Waals surface area contributed by atoms with Crippen molar-refractivity contribution >= 4 is 17.4 Å². The van der Waals surface area contributed by atoms with Crippen LogP contribution >= 0.6 is 0 Å². The number of furan rings is 1. The van der Waals surface area contributed by atoms with Gasteiger partial charge >= 0.3 is 0 Å². The normalized spacial score (nSPS) is 10.2. The molecule has 0 aliphatic carbocycles. The van der Waals surface area contributed by atoms with Crippen molar-refractivity contribution in [1.29, 1.82) is 0 Å². The summed E-state index contributed by atoms with van der Waals surface area (Å²) in [5.74, 6) is 1.67. The Balaban J connectivity index is 1.65. The molecular formula is C17H16N4O3. The number of methoxy groups -OCH3 is 1. The summed E-state index contributed by atoms with van der Waals surface area (Å²) >= 11 is 0. The second-order valence-electron chi connectivity index (χ2n) is 4.90. The summed E-state index contributed by atoms with van der Waals surface area (Å²) in [4.78, 5) is 20.3. The van der Waals surface area contributed by atoms with Crippen LogP contribution in [0, 0.1) is 0 Å². The molecule has 0 unspecified atom stereocenters. The van der Waals surface area contributed by atoms with Crippen LogP contribution in [-0.4, -0.2) is 23.0 Å². The van der Waals surface area contributed by atoms with Crippen molar-refractivity contribution in [3.63, 3.8) is 0 Å². The molecule has 0 bridgehead atoms. The van der Waals surface area contributed by atoms with Crippen LogP contribution in [-0.2, 0) is 6.54 Å². The fraction of sp³-hybridized carbons (Fsp3) is 0.118. The third kappa shape index (κ3) is 3.89. The maximum absolute atomic E-state index is 12.1. The first kappa shape index (κ1) is 15.5. The van der Waals surface area contributed by atoms with E-state index in [1.54, 1.807) is 31.6 Å². The molecule has 7 heteroatoms. The van der Waals surface area contributed by atoms with E-state index in [-0.39, 0.29) is 11.6 Å². The number of hydrogen-bond acceptors (Lipinski definition) is 6. The maximum atomic E-state index is 12.1. The summed E-state index contributed by atoms with van der Waals surface area (Å²) in [7, 11) is 1.61. The number of ether oxygens (including phenoxy) is 1. The fourth-order valence-corrected chi connectivity index (χ4v) is 2.04. The Morgan fingerprint density at radius 2 is 2.04 bits per heavy atom. The molecular weight excluding hydrogens is 308 g/mol. The van der Waals surface area contributed by atoms with Crippen molar-refractivity contribution in [2.45, 2.75) is 6.54 Å². The Labute approximate surface area is 138 Å². The van der Waals surface area contributed by atoms with Crippen LogP contribution in [0.3, 0.4) is 0 Å². The van der Waals surface area contributed by atoms with Gasteiger partial charge in [0.15, 0.2) is 0 Å². The van der Waals surface area contributed by atoms with E-state index in [0.717, 1.165) is 11.4 Å². The van der Waals surface area contributed by atoms with Gasteiger partial charge < -0.3 is 19.8 Å². The second kappa shape index (κ2) is 7.28. The minimum Gasteiger partial charge on any atom is -0.497 e. The number of amides is 1. The van der Waals surface area contributed by atoms with Gasteiger partial charge in [0.2, 0.25) is 0 Å². The highest BCUT2D eigenvalue weighted by molar-refractivity contribution is 5.92. The highest BCUT2D eigenvalue weighted by atomic mass is 16.5. The molecule has 2 aromatic heterocycles. The van der Waals surface area contributed by atoms with Gasteiger partial charge in [-0.05, 0) is 36.4 Å². The Bertz CT molecular complexity index is 801. The molecule has 0 fully saturated rings. The van der Waals surface area contributed by atoms with Crippen LogP contribution in [0.1, 0.15) is 16.2 Å². The first-order valence-corrected chi connectivity index (χ1v) is 7.28. The summed E-state index contributed by atoms with van der Waals surface area (Å²) < 4.78 is 10.3. The van der Waals surface area contributed by atoms with E-state index >= 15 is 0 Å². The average Bonchev–Trinajstić information content (AvgIpc) is 3.14. The molecule has 0 radical (unpaired) electrons. The quantitative estimate of drug-likeness (QED) is 0.725. The summed E-state index contributed by atoms with van der Waals surface area (Å²) in [5.41, 5.74) is 1.10. The maximum Gasteiger partial charge on any atom is 0.270 e. The van der Waals surface area contributed by atoms with Gasteiger partial charge in [0, 0.05) is 11.8 Å². The van der Waals surface area contributed by atoms with Gasteiger partial charge in [-0.3, -0.25) is 4.79 Å². The Morgan fingerprint density at radius 3 is 2.75 bits per heavy atom. The molecule has 0 aliphatic heterocycles. The molecule has 1 aromatic carbocycles. The number of carbonyl (C=O) groups excluding carboxylic acids is 1. The van der Waals surface area contributed by atoms with E-state index in [4.69, 9.17) is 9.15 Å². The number of benzene rings is 1. The van der Waals surface area contributed by atoms with Gasteiger partial charge in [0.05, 0.1) is 19.9 Å². The molecule has 122 valence electrons. The molecule has 0 spiro atoms. The molecule has 24 heavy (non-hydrogen) atoms. The van der Waals surface area contributed by atoms with E-state index in [1.165, 1.54) is 6.33 Å². The second-order valence-corrected chi connectivity index (χ2v) is 4.90. The van der Waals surface area contributed by atoms with Crippen molar-refractivity contribution in [1.82, 2.24) is 15.3 Å². The fourth-order valence-electron chi connectivity index (χ4n) is 2.04. The molecule has 0 atom stereocenters. The first-order valence-electron chi connectivity index (χ1n) is 7.28. The van der Waals surface area contributed by atoms with E-state index in [0.29, 0.717) is 18.1 Å². The van der Waals surface area contributed by atoms with Crippen LogP contribution in [0.25, 0.3) is 0 Å². The van der Waals surface area contributed by atoms with E-state index < -0.39 is 0 Å². The van der Waals surface area contributed by atoms with Crippen molar-refractivity contribution in [2.75, 3.05) is 12.4 Å². The van der Waals surface area contributed by atoms with Gasteiger partial charge in [0.25, 0.3) is 5.91 Å². The molecule has 2 N–H and O–H groups in total. The predicted molar refractivity (Wildman–Crippen MR) is 88.2 cm³/mol. The van der Waals surface area contributed by atoms with Crippen molar-refractivity contribution in [2.24, 2.45) is 0 Å². The highest BCUT2D eigenvalue weighted by Gasteiger charge is 2.09. The van der Waals surface area contributed by atoms with Gasteiger partial charge in [-0.2, -0.15) is 0 Å². The van der Waals surface area contributed by atoms with Crippen LogP contribution < -0.4 is 15.4 Å². The summed E-state index contributed by atoms with van der Waals surface area (Å²) in [6.45, 7) is 0.303. The Morgan fingerprint density at radius 1 is 1.21 bits per heavy atom. The topological polar surface area (TPSA) is 89.3 Å². The van der Waals surface area contributed by atoms with E-state index in [9.17, 15) is 4.79 Å². The number of hydrogen-bond donors (Lipinski definition) is 2. The molecule has 3 rings (SSSR count). The van der Waals surface area contributed by atoms with Crippen molar-refractivity contribution in [3.05, 3.63) is 66.5 Å². The van der Waals surface area contributed by atoms with Gasteiger partial charge in [-0.1, -0.05) is 0 Å². The zero-order valence-corrected chi connectivity index (χ0v) is 13.0. The lowest BCUT2D eigenvalue weighted by atomic mass is 10.3. The lowest BCUT2D eigenvalue weighted by molar-refractivity contribution is 0.0943. The number of aromatic nitrogens is 2. The minimum absolute atomic E-state index is 0.271. The lowest BCUT2D eigenvalue weighted by Gasteiger charge is -2.08. The van der Waals surface area contributed by atoms with Crippen LogP contribution in [0.5, 0.6) is 5.75 Å². The first-order chi connectivity index (χ1) is 11.7.